The van der Waals surface area contributed by atoms with E-state index in [9.17, 15) is 9.59 Å². The Labute approximate surface area is 107 Å². The first-order chi connectivity index (χ1) is 8.49. The number of carbonyl (C=O) groups is 2. The van der Waals surface area contributed by atoms with Crippen LogP contribution in [0.3, 0.4) is 0 Å². The van der Waals surface area contributed by atoms with Gasteiger partial charge in [-0.3, -0.25) is 4.79 Å². The van der Waals surface area contributed by atoms with Crippen molar-refractivity contribution in [2.75, 3.05) is 18.4 Å². The van der Waals surface area contributed by atoms with Crippen molar-refractivity contribution in [1.29, 1.82) is 0 Å². The minimum atomic E-state index is -0.438. The highest BCUT2D eigenvalue weighted by atomic mass is 16.2. The first kappa shape index (κ1) is 12.6. The average Bonchev–Trinajstić information content (AvgIpc) is 2.34. The fraction of sp³-hybridized carbons (Fsp3) is 0.429. The van der Waals surface area contributed by atoms with Gasteiger partial charge in [0.15, 0.2) is 0 Å². The van der Waals surface area contributed by atoms with Crippen molar-refractivity contribution in [2.45, 2.75) is 20.3 Å². The van der Waals surface area contributed by atoms with Crippen LogP contribution in [0.25, 0.3) is 0 Å². The van der Waals surface area contributed by atoms with E-state index >= 15 is 0 Å². The van der Waals surface area contributed by atoms with Gasteiger partial charge in [0.2, 0.25) is 0 Å². The smallest absolute Gasteiger partial charge is 0.321 e. The first-order valence-electron chi connectivity index (χ1n) is 6.13. The second-order valence-electron chi connectivity index (χ2n) is 5.27. The third kappa shape index (κ3) is 2.70. The molecule has 2 amide bonds. The van der Waals surface area contributed by atoms with E-state index in [1.54, 1.807) is 4.90 Å². The monoisotopic (exact) mass is 246 g/mol. The molecule has 1 aliphatic heterocycles. The Morgan fingerprint density at radius 1 is 1.28 bits per heavy atom. The van der Waals surface area contributed by atoms with Gasteiger partial charge in [-0.2, -0.15) is 0 Å². The first-order valence-corrected chi connectivity index (χ1v) is 6.13. The minimum absolute atomic E-state index is 0.137. The molecule has 0 radical (unpaired) electrons. The van der Waals surface area contributed by atoms with Gasteiger partial charge >= 0.3 is 6.03 Å². The highest BCUT2D eigenvalue weighted by Gasteiger charge is 2.35. The Morgan fingerprint density at radius 3 is 2.56 bits per heavy atom. The van der Waals surface area contributed by atoms with E-state index in [4.69, 9.17) is 0 Å². The van der Waals surface area contributed by atoms with E-state index in [2.05, 4.69) is 5.32 Å². The summed E-state index contributed by atoms with van der Waals surface area (Å²) in [5.74, 6) is 0.228. The molecule has 1 saturated heterocycles. The van der Waals surface area contributed by atoms with Gasteiger partial charge in [-0.25, -0.2) is 4.79 Å². The molecule has 0 saturated carbocycles. The molecule has 1 aromatic rings. The van der Waals surface area contributed by atoms with Gasteiger partial charge < -0.3 is 10.2 Å². The van der Waals surface area contributed by atoms with Crippen LogP contribution >= 0.6 is 0 Å². The molecule has 4 nitrogen and oxygen atoms in total. The van der Waals surface area contributed by atoms with Crippen molar-refractivity contribution in [3.05, 3.63) is 30.3 Å². The Morgan fingerprint density at radius 2 is 1.94 bits per heavy atom. The summed E-state index contributed by atoms with van der Waals surface area (Å²) in [4.78, 5) is 25.5. The standard InChI is InChI=1S/C14H18N2O2/c1-14(2)10-16(9-8-12(14)17)13(18)15-11-6-4-3-5-7-11/h3-7H,8-10H2,1-2H3,(H,15,18). The molecule has 1 fully saturated rings. The largest absolute Gasteiger partial charge is 0.323 e. The summed E-state index contributed by atoms with van der Waals surface area (Å²) in [5.41, 5.74) is 0.337. The highest BCUT2D eigenvalue weighted by Crippen LogP contribution is 2.25. The van der Waals surface area contributed by atoms with E-state index in [1.165, 1.54) is 0 Å². The Hall–Kier alpha value is -1.84. The molecule has 1 aromatic carbocycles. The van der Waals surface area contributed by atoms with E-state index in [1.807, 2.05) is 44.2 Å². The third-order valence-electron chi connectivity index (χ3n) is 3.26. The summed E-state index contributed by atoms with van der Waals surface area (Å²) in [6.45, 7) is 4.75. The number of rotatable bonds is 1. The lowest BCUT2D eigenvalue weighted by molar-refractivity contribution is -0.130. The molecule has 0 atom stereocenters. The fourth-order valence-corrected chi connectivity index (χ4v) is 2.12. The summed E-state index contributed by atoms with van der Waals surface area (Å²) < 4.78 is 0. The van der Waals surface area contributed by atoms with Gasteiger partial charge in [0.05, 0.1) is 0 Å². The number of ketones is 1. The summed E-state index contributed by atoms with van der Waals surface area (Å²) in [6.07, 6.45) is 0.440. The molecule has 0 aliphatic carbocycles. The van der Waals surface area contributed by atoms with E-state index in [-0.39, 0.29) is 11.8 Å². The van der Waals surface area contributed by atoms with Gasteiger partial charge in [-0.1, -0.05) is 32.0 Å². The predicted octanol–water partition coefficient (Wildman–Crippen LogP) is 2.52. The van der Waals surface area contributed by atoms with Crippen molar-refractivity contribution in [1.82, 2.24) is 4.90 Å². The van der Waals surface area contributed by atoms with Crippen molar-refractivity contribution < 1.29 is 9.59 Å². The van der Waals surface area contributed by atoms with E-state index < -0.39 is 5.41 Å². The number of nitrogens with zero attached hydrogens (tertiary/aromatic N) is 1. The summed E-state index contributed by atoms with van der Waals surface area (Å²) in [5, 5.41) is 2.84. The molecule has 4 heteroatoms. The maximum absolute atomic E-state index is 12.1. The summed E-state index contributed by atoms with van der Waals surface area (Å²) in [7, 11) is 0. The fourth-order valence-electron chi connectivity index (χ4n) is 2.12. The van der Waals surface area contributed by atoms with Gasteiger partial charge in [-0.15, -0.1) is 0 Å². The number of hydrogen-bond acceptors (Lipinski definition) is 2. The molecule has 1 aliphatic rings. The van der Waals surface area contributed by atoms with E-state index in [0.717, 1.165) is 5.69 Å². The van der Waals surface area contributed by atoms with Crippen LogP contribution in [0.1, 0.15) is 20.3 Å². The molecule has 0 aromatic heterocycles. The number of benzene rings is 1. The minimum Gasteiger partial charge on any atom is -0.323 e. The van der Waals surface area contributed by atoms with Crippen molar-refractivity contribution in [3.63, 3.8) is 0 Å². The van der Waals surface area contributed by atoms with Gasteiger partial charge in [0.1, 0.15) is 5.78 Å². The van der Waals surface area contributed by atoms with Crippen LogP contribution in [0, 0.1) is 5.41 Å². The number of likely N-dealkylation sites (tertiary alicyclic amines) is 1. The predicted molar refractivity (Wildman–Crippen MR) is 70.4 cm³/mol. The number of hydrogen-bond donors (Lipinski definition) is 1. The lowest BCUT2D eigenvalue weighted by Gasteiger charge is -2.36. The van der Waals surface area contributed by atoms with Crippen LogP contribution in [-0.4, -0.2) is 29.8 Å². The zero-order valence-electron chi connectivity index (χ0n) is 10.8. The quantitative estimate of drug-likeness (QED) is 0.827. The van der Waals surface area contributed by atoms with Gasteiger partial charge in [0.25, 0.3) is 0 Å². The average molecular weight is 246 g/mol. The molecule has 96 valence electrons. The highest BCUT2D eigenvalue weighted by molar-refractivity contribution is 5.92. The van der Waals surface area contributed by atoms with Crippen LogP contribution in [-0.2, 0) is 4.79 Å². The van der Waals surface area contributed by atoms with Crippen molar-refractivity contribution in [3.8, 4) is 0 Å². The number of amides is 2. The van der Waals surface area contributed by atoms with Crippen molar-refractivity contribution in [2.24, 2.45) is 5.41 Å². The second-order valence-corrected chi connectivity index (χ2v) is 5.27. The number of urea groups is 1. The lowest BCUT2D eigenvalue weighted by Crippen LogP contribution is -2.49. The Balaban J connectivity index is 2.00. The van der Waals surface area contributed by atoms with E-state index in [0.29, 0.717) is 19.5 Å². The Kier molecular flexibility index (Phi) is 3.36. The van der Waals surface area contributed by atoms with Crippen LogP contribution in [0.2, 0.25) is 0 Å². The van der Waals surface area contributed by atoms with Crippen molar-refractivity contribution >= 4 is 17.5 Å². The summed E-state index contributed by atoms with van der Waals surface area (Å²) >= 11 is 0. The molecular weight excluding hydrogens is 228 g/mol. The second kappa shape index (κ2) is 4.80. The topological polar surface area (TPSA) is 49.4 Å². The number of para-hydroxylation sites is 1. The number of anilines is 1. The molecular formula is C14H18N2O2. The van der Waals surface area contributed by atoms with Crippen LogP contribution in [0.5, 0.6) is 0 Å². The number of nitrogens with one attached hydrogen (secondary N) is 1. The lowest BCUT2D eigenvalue weighted by atomic mass is 9.83. The zero-order chi connectivity index (χ0) is 13.2. The van der Waals surface area contributed by atoms with Gasteiger partial charge in [0, 0.05) is 30.6 Å². The van der Waals surface area contributed by atoms with Gasteiger partial charge in [-0.05, 0) is 12.1 Å². The Bertz CT molecular complexity index is 454. The maximum atomic E-state index is 12.1. The molecule has 1 heterocycles. The molecule has 0 spiro atoms. The van der Waals surface area contributed by atoms with Crippen LogP contribution < -0.4 is 5.32 Å². The SMILES string of the molecule is CC1(C)CN(C(=O)Nc2ccccc2)CCC1=O. The normalized spacial score (nSPS) is 18.6. The number of Topliss-reactive ketones (excluding diaryl/α,β-unsaturated/α-hetero) is 1. The van der Waals surface area contributed by atoms with Crippen LogP contribution in [0.4, 0.5) is 10.5 Å². The molecule has 2 rings (SSSR count). The molecule has 0 bridgehead atoms. The summed E-state index contributed by atoms with van der Waals surface area (Å²) in [6, 6.07) is 9.20. The third-order valence-corrected chi connectivity index (χ3v) is 3.26. The molecule has 1 N–H and O–H groups in total. The molecule has 0 unspecified atom stereocenters. The number of carbonyl (C=O) groups excluding carboxylic acids is 2. The maximum Gasteiger partial charge on any atom is 0.321 e. The number of piperidine rings is 1. The zero-order valence-corrected chi connectivity index (χ0v) is 10.8. The molecule has 18 heavy (non-hydrogen) atoms. The van der Waals surface area contributed by atoms with Crippen LogP contribution in [0.15, 0.2) is 30.3 Å².